The lowest BCUT2D eigenvalue weighted by Crippen LogP contribution is -2.48. The fraction of sp³-hybridized carbons (Fsp3) is 1.00. The molecule has 104 valence electrons. The SMILES string of the molecule is CC1(C)C2CCC1(C)C(NCC1COCCO1)C2. The smallest absolute Gasteiger partial charge is 0.0933 e. The molecule has 0 spiro atoms. The van der Waals surface area contributed by atoms with Crippen molar-refractivity contribution < 1.29 is 9.47 Å². The summed E-state index contributed by atoms with van der Waals surface area (Å²) in [5, 5.41) is 3.77. The molecular weight excluding hydrogens is 226 g/mol. The third-order valence-corrected chi connectivity index (χ3v) is 6.27. The maximum Gasteiger partial charge on any atom is 0.0933 e. The quantitative estimate of drug-likeness (QED) is 0.836. The van der Waals surface area contributed by atoms with Crippen LogP contribution in [-0.2, 0) is 9.47 Å². The minimum atomic E-state index is 0.254. The highest BCUT2D eigenvalue weighted by Crippen LogP contribution is 2.65. The molecule has 0 radical (unpaired) electrons. The van der Waals surface area contributed by atoms with Crippen molar-refractivity contribution in [3.63, 3.8) is 0 Å². The zero-order chi connectivity index (χ0) is 12.8. The Kier molecular flexibility index (Phi) is 3.20. The van der Waals surface area contributed by atoms with E-state index < -0.39 is 0 Å². The number of hydrogen-bond acceptors (Lipinski definition) is 3. The van der Waals surface area contributed by atoms with E-state index in [2.05, 4.69) is 26.1 Å². The molecule has 4 unspecified atom stereocenters. The van der Waals surface area contributed by atoms with Crippen molar-refractivity contribution in [2.45, 2.75) is 52.2 Å². The highest BCUT2D eigenvalue weighted by molar-refractivity contribution is 5.13. The van der Waals surface area contributed by atoms with Gasteiger partial charge in [0.2, 0.25) is 0 Å². The summed E-state index contributed by atoms with van der Waals surface area (Å²) in [7, 11) is 0. The fourth-order valence-electron chi connectivity index (χ4n) is 4.44. The van der Waals surface area contributed by atoms with Gasteiger partial charge in [-0.3, -0.25) is 0 Å². The highest BCUT2D eigenvalue weighted by Gasteiger charge is 2.61. The Morgan fingerprint density at radius 3 is 2.61 bits per heavy atom. The highest BCUT2D eigenvalue weighted by atomic mass is 16.6. The lowest BCUT2D eigenvalue weighted by atomic mass is 9.69. The Balaban J connectivity index is 1.58. The minimum Gasteiger partial charge on any atom is -0.376 e. The summed E-state index contributed by atoms with van der Waals surface area (Å²) in [6, 6.07) is 0.664. The van der Waals surface area contributed by atoms with Crippen molar-refractivity contribution in [3.8, 4) is 0 Å². The van der Waals surface area contributed by atoms with Gasteiger partial charge in [-0.15, -0.1) is 0 Å². The van der Waals surface area contributed by atoms with Crippen molar-refractivity contribution in [3.05, 3.63) is 0 Å². The van der Waals surface area contributed by atoms with E-state index in [9.17, 15) is 0 Å². The maximum absolute atomic E-state index is 5.72. The van der Waals surface area contributed by atoms with E-state index in [-0.39, 0.29) is 6.10 Å². The molecule has 0 amide bonds. The molecule has 18 heavy (non-hydrogen) atoms. The molecule has 0 aromatic heterocycles. The van der Waals surface area contributed by atoms with E-state index >= 15 is 0 Å². The molecule has 1 aliphatic heterocycles. The van der Waals surface area contributed by atoms with Gasteiger partial charge in [0.1, 0.15) is 0 Å². The minimum absolute atomic E-state index is 0.254. The van der Waals surface area contributed by atoms with Gasteiger partial charge in [-0.2, -0.15) is 0 Å². The topological polar surface area (TPSA) is 30.5 Å². The van der Waals surface area contributed by atoms with Crippen molar-refractivity contribution in [2.75, 3.05) is 26.4 Å². The number of hydrogen-bond donors (Lipinski definition) is 1. The summed E-state index contributed by atoms with van der Waals surface area (Å²) >= 11 is 0. The number of fused-ring (bicyclic) bond motifs is 2. The summed E-state index contributed by atoms with van der Waals surface area (Å²) in [5.41, 5.74) is 0.960. The van der Waals surface area contributed by atoms with Gasteiger partial charge in [-0.05, 0) is 36.0 Å². The third-order valence-electron chi connectivity index (χ3n) is 6.27. The Labute approximate surface area is 111 Å². The van der Waals surface area contributed by atoms with E-state index in [1.54, 1.807) is 0 Å². The van der Waals surface area contributed by atoms with Crippen LogP contribution in [0.4, 0.5) is 0 Å². The van der Waals surface area contributed by atoms with E-state index in [1.165, 1.54) is 19.3 Å². The van der Waals surface area contributed by atoms with Crippen molar-refractivity contribution in [1.82, 2.24) is 5.32 Å². The molecule has 3 aliphatic rings. The van der Waals surface area contributed by atoms with Gasteiger partial charge in [0, 0.05) is 12.6 Å². The molecule has 1 N–H and O–H groups in total. The van der Waals surface area contributed by atoms with E-state index in [1.807, 2.05) is 0 Å². The average Bonchev–Trinajstić information content (AvgIpc) is 2.70. The first-order chi connectivity index (χ1) is 8.54. The summed E-state index contributed by atoms with van der Waals surface area (Å²) in [6.45, 7) is 10.6. The van der Waals surface area contributed by atoms with Crippen LogP contribution in [-0.4, -0.2) is 38.5 Å². The fourth-order valence-corrected chi connectivity index (χ4v) is 4.44. The molecule has 2 aliphatic carbocycles. The molecule has 3 fully saturated rings. The lowest BCUT2D eigenvalue weighted by Gasteiger charge is -2.40. The molecule has 0 aromatic rings. The van der Waals surface area contributed by atoms with Crippen LogP contribution < -0.4 is 5.32 Å². The van der Waals surface area contributed by atoms with Gasteiger partial charge in [0.25, 0.3) is 0 Å². The lowest BCUT2D eigenvalue weighted by molar-refractivity contribution is -0.0883. The van der Waals surface area contributed by atoms with Crippen molar-refractivity contribution in [1.29, 1.82) is 0 Å². The first-order valence-electron chi connectivity index (χ1n) is 7.47. The van der Waals surface area contributed by atoms with E-state index in [4.69, 9.17) is 9.47 Å². The van der Waals surface area contributed by atoms with E-state index in [0.717, 1.165) is 32.3 Å². The average molecular weight is 253 g/mol. The second kappa shape index (κ2) is 4.46. The molecule has 3 nitrogen and oxygen atoms in total. The van der Waals surface area contributed by atoms with Crippen LogP contribution in [0.25, 0.3) is 0 Å². The van der Waals surface area contributed by atoms with Crippen LogP contribution in [0, 0.1) is 16.7 Å². The Morgan fingerprint density at radius 1 is 1.22 bits per heavy atom. The van der Waals surface area contributed by atoms with Gasteiger partial charge in [-0.1, -0.05) is 20.8 Å². The molecule has 3 heteroatoms. The summed E-state index contributed by atoms with van der Waals surface area (Å²) < 4.78 is 11.2. The van der Waals surface area contributed by atoms with E-state index in [0.29, 0.717) is 16.9 Å². The first kappa shape index (κ1) is 12.9. The molecule has 0 aromatic carbocycles. The van der Waals surface area contributed by atoms with Crippen LogP contribution in [0.3, 0.4) is 0 Å². The van der Waals surface area contributed by atoms with Crippen LogP contribution in [0.2, 0.25) is 0 Å². The van der Waals surface area contributed by atoms with Gasteiger partial charge >= 0.3 is 0 Å². The maximum atomic E-state index is 5.72. The van der Waals surface area contributed by atoms with Crippen LogP contribution >= 0.6 is 0 Å². The van der Waals surface area contributed by atoms with Gasteiger partial charge < -0.3 is 14.8 Å². The Hall–Kier alpha value is -0.120. The number of rotatable bonds is 3. The summed E-state index contributed by atoms with van der Waals surface area (Å²) in [5.74, 6) is 0.906. The zero-order valence-corrected chi connectivity index (χ0v) is 12.0. The first-order valence-corrected chi connectivity index (χ1v) is 7.47. The van der Waals surface area contributed by atoms with Gasteiger partial charge in [-0.25, -0.2) is 0 Å². The number of ether oxygens (including phenoxy) is 2. The van der Waals surface area contributed by atoms with Crippen LogP contribution in [0.1, 0.15) is 40.0 Å². The predicted octanol–water partition coefficient (Wildman–Crippen LogP) is 2.21. The molecule has 1 heterocycles. The van der Waals surface area contributed by atoms with Gasteiger partial charge in [0.15, 0.2) is 0 Å². The Morgan fingerprint density at radius 2 is 2.06 bits per heavy atom. The molecule has 4 atom stereocenters. The Bertz CT molecular complexity index is 312. The summed E-state index contributed by atoms with van der Waals surface area (Å²) in [4.78, 5) is 0. The molecule has 2 saturated carbocycles. The standard InChI is InChI=1S/C15H27NO2/c1-14(2)11-4-5-15(14,3)13(8-11)16-9-12-10-17-6-7-18-12/h11-13,16H,4-10H2,1-3H3. The monoisotopic (exact) mass is 253 g/mol. The molecule has 3 rings (SSSR count). The van der Waals surface area contributed by atoms with Crippen LogP contribution in [0.5, 0.6) is 0 Å². The van der Waals surface area contributed by atoms with Crippen molar-refractivity contribution in [2.24, 2.45) is 16.7 Å². The second-order valence-corrected chi connectivity index (χ2v) is 7.14. The molecule has 2 bridgehead atoms. The largest absolute Gasteiger partial charge is 0.376 e. The predicted molar refractivity (Wildman–Crippen MR) is 71.6 cm³/mol. The van der Waals surface area contributed by atoms with Gasteiger partial charge in [0.05, 0.1) is 25.9 Å². The summed E-state index contributed by atoms with van der Waals surface area (Å²) in [6.07, 6.45) is 4.40. The third kappa shape index (κ3) is 1.83. The van der Waals surface area contributed by atoms with Crippen molar-refractivity contribution >= 4 is 0 Å². The molecular formula is C15H27NO2. The van der Waals surface area contributed by atoms with Crippen LogP contribution in [0.15, 0.2) is 0 Å². The number of nitrogens with one attached hydrogen (secondary N) is 1. The molecule has 1 saturated heterocycles. The zero-order valence-electron chi connectivity index (χ0n) is 12.0. The second-order valence-electron chi connectivity index (χ2n) is 7.14. The normalized spacial score (nSPS) is 46.5.